The number of halogens is 1. The lowest BCUT2D eigenvalue weighted by Gasteiger charge is -2.14. The quantitative estimate of drug-likeness (QED) is 0.581. The van der Waals surface area contributed by atoms with Gasteiger partial charge in [-0.3, -0.25) is 4.99 Å². The molecule has 0 fully saturated rings. The number of hydrogen-bond acceptors (Lipinski definition) is 3. The summed E-state index contributed by atoms with van der Waals surface area (Å²) >= 11 is 3.57. The minimum absolute atomic E-state index is 0.591. The third kappa shape index (κ3) is 4.83. The van der Waals surface area contributed by atoms with Crippen LogP contribution >= 0.6 is 15.9 Å². The Kier molecular flexibility index (Phi) is 6.66. The van der Waals surface area contributed by atoms with Gasteiger partial charge in [-0.05, 0) is 65.5 Å². The maximum absolute atomic E-state index is 5.79. The molecule has 0 aliphatic heterocycles. The van der Waals surface area contributed by atoms with Gasteiger partial charge < -0.3 is 9.47 Å². The number of aryl methyl sites for hydroxylation is 1. The Balaban J connectivity index is 2.31. The number of benzene rings is 2. The minimum atomic E-state index is 0.591. The van der Waals surface area contributed by atoms with Crippen molar-refractivity contribution in [1.82, 2.24) is 0 Å². The van der Waals surface area contributed by atoms with Gasteiger partial charge in [0.1, 0.15) is 0 Å². The van der Waals surface area contributed by atoms with Crippen molar-refractivity contribution in [1.29, 1.82) is 0 Å². The third-order valence-electron chi connectivity index (χ3n) is 3.25. The van der Waals surface area contributed by atoms with Crippen molar-refractivity contribution in [3.05, 3.63) is 52.0 Å². The molecule has 0 bridgehead atoms. The summed E-state index contributed by atoms with van der Waals surface area (Å²) in [5, 5.41) is 0. The molecule has 0 amide bonds. The monoisotopic (exact) mass is 375 g/mol. The number of ether oxygens (including phenoxy) is 2. The minimum Gasteiger partial charge on any atom is -0.490 e. The molecule has 4 heteroatoms. The highest BCUT2D eigenvalue weighted by Crippen LogP contribution is 2.36. The average Bonchev–Trinajstić information content (AvgIpc) is 2.54. The van der Waals surface area contributed by atoms with Crippen molar-refractivity contribution in [3.63, 3.8) is 0 Å². The first-order chi connectivity index (χ1) is 11.2. The van der Waals surface area contributed by atoms with E-state index in [0.717, 1.165) is 39.2 Å². The highest BCUT2D eigenvalue weighted by molar-refractivity contribution is 9.10. The highest BCUT2D eigenvalue weighted by atomic mass is 79.9. The molecule has 0 heterocycles. The molecule has 3 nitrogen and oxygen atoms in total. The third-order valence-corrected chi connectivity index (χ3v) is 3.84. The molecule has 0 radical (unpaired) electrons. The Labute approximate surface area is 146 Å². The largest absolute Gasteiger partial charge is 0.490 e. The average molecular weight is 376 g/mol. The van der Waals surface area contributed by atoms with E-state index >= 15 is 0 Å². The van der Waals surface area contributed by atoms with Crippen LogP contribution in [-0.4, -0.2) is 19.4 Å². The lowest BCUT2D eigenvalue weighted by molar-refractivity contribution is 0.275. The zero-order valence-corrected chi connectivity index (χ0v) is 15.4. The summed E-state index contributed by atoms with van der Waals surface area (Å²) < 4.78 is 12.4. The van der Waals surface area contributed by atoms with E-state index in [4.69, 9.17) is 9.47 Å². The second-order valence-corrected chi connectivity index (χ2v) is 6.01. The molecular weight excluding hydrogens is 354 g/mol. The molecule has 122 valence electrons. The lowest BCUT2D eigenvalue weighted by atomic mass is 10.2. The SMILES string of the molecule is CCCOc1c(Br)cc(C=Nc2ccccc2C)cc1OCC. The zero-order valence-electron chi connectivity index (χ0n) is 13.8. The highest BCUT2D eigenvalue weighted by Gasteiger charge is 2.11. The van der Waals surface area contributed by atoms with Crippen molar-refractivity contribution in [3.8, 4) is 11.5 Å². The Bertz CT molecular complexity index is 683. The van der Waals surface area contributed by atoms with Gasteiger partial charge in [0, 0.05) is 6.21 Å². The number of para-hydroxylation sites is 1. The molecule has 0 unspecified atom stereocenters. The molecule has 2 aromatic rings. The maximum atomic E-state index is 5.79. The van der Waals surface area contributed by atoms with Crippen LogP contribution < -0.4 is 9.47 Å². The van der Waals surface area contributed by atoms with Crippen LogP contribution in [0.1, 0.15) is 31.4 Å². The number of aliphatic imine (C=N–C) groups is 1. The smallest absolute Gasteiger partial charge is 0.175 e. The molecular formula is C19H22BrNO2. The summed E-state index contributed by atoms with van der Waals surface area (Å²) in [6.07, 6.45) is 2.80. The normalized spacial score (nSPS) is 11.0. The Hall–Kier alpha value is -1.81. The summed E-state index contributed by atoms with van der Waals surface area (Å²) in [4.78, 5) is 4.57. The molecule has 0 saturated carbocycles. The molecule has 0 saturated heterocycles. The zero-order chi connectivity index (χ0) is 16.7. The maximum Gasteiger partial charge on any atom is 0.175 e. The summed E-state index contributed by atoms with van der Waals surface area (Å²) in [6, 6.07) is 12.0. The van der Waals surface area contributed by atoms with Crippen LogP contribution in [0, 0.1) is 6.92 Å². The van der Waals surface area contributed by atoms with Gasteiger partial charge >= 0.3 is 0 Å². The predicted octanol–water partition coefficient (Wildman–Crippen LogP) is 5.70. The van der Waals surface area contributed by atoms with Crippen molar-refractivity contribution in [2.75, 3.05) is 13.2 Å². The summed E-state index contributed by atoms with van der Waals surface area (Å²) in [7, 11) is 0. The first-order valence-corrected chi connectivity index (χ1v) is 8.63. The van der Waals surface area contributed by atoms with E-state index in [1.807, 2.05) is 43.5 Å². The van der Waals surface area contributed by atoms with Crippen LogP contribution in [0.3, 0.4) is 0 Å². The fourth-order valence-electron chi connectivity index (χ4n) is 2.12. The first-order valence-electron chi connectivity index (χ1n) is 7.84. The van der Waals surface area contributed by atoms with Gasteiger partial charge in [0.25, 0.3) is 0 Å². The summed E-state index contributed by atoms with van der Waals surface area (Å²) in [6.45, 7) is 7.35. The Morgan fingerprint density at radius 3 is 2.61 bits per heavy atom. The van der Waals surface area contributed by atoms with Gasteiger partial charge in [-0.2, -0.15) is 0 Å². The summed E-state index contributed by atoms with van der Waals surface area (Å²) in [5.74, 6) is 1.49. The standard InChI is InChI=1S/C19H22BrNO2/c1-4-10-23-19-16(20)11-15(12-18(19)22-5-2)13-21-17-9-7-6-8-14(17)3/h6-9,11-13H,4-5,10H2,1-3H3. The predicted molar refractivity (Wildman–Crippen MR) is 99.5 cm³/mol. The lowest BCUT2D eigenvalue weighted by Crippen LogP contribution is -2.01. The van der Waals surface area contributed by atoms with Crippen molar-refractivity contribution >= 4 is 27.8 Å². The second-order valence-electron chi connectivity index (χ2n) is 5.16. The molecule has 0 spiro atoms. The first kappa shape index (κ1) is 17.5. The van der Waals surface area contributed by atoms with E-state index in [1.54, 1.807) is 0 Å². The summed E-state index contributed by atoms with van der Waals surface area (Å²) in [5.41, 5.74) is 3.08. The van der Waals surface area contributed by atoms with E-state index in [-0.39, 0.29) is 0 Å². The van der Waals surface area contributed by atoms with Crippen LogP contribution in [0.4, 0.5) is 5.69 Å². The van der Waals surface area contributed by atoms with Crippen LogP contribution in [0.5, 0.6) is 11.5 Å². The molecule has 0 aliphatic carbocycles. The van der Waals surface area contributed by atoms with Crippen molar-refractivity contribution in [2.24, 2.45) is 4.99 Å². The van der Waals surface area contributed by atoms with E-state index in [1.165, 1.54) is 0 Å². The Morgan fingerprint density at radius 1 is 1.13 bits per heavy atom. The van der Waals surface area contributed by atoms with Crippen molar-refractivity contribution in [2.45, 2.75) is 27.2 Å². The number of hydrogen-bond donors (Lipinski definition) is 0. The topological polar surface area (TPSA) is 30.8 Å². The van der Waals surface area contributed by atoms with Crippen LogP contribution in [0.15, 0.2) is 45.9 Å². The second kappa shape index (κ2) is 8.73. The fraction of sp³-hybridized carbons (Fsp3) is 0.316. The van der Waals surface area contributed by atoms with E-state index in [0.29, 0.717) is 13.2 Å². The van der Waals surface area contributed by atoms with Crippen LogP contribution in [0.2, 0.25) is 0 Å². The number of nitrogens with zero attached hydrogens (tertiary/aromatic N) is 1. The van der Waals surface area contributed by atoms with E-state index in [9.17, 15) is 0 Å². The van der Waals surface area contributed by atoms with Crippen molar-refractivity contribution < 1.29 is 9.47 Å². The van der Waals surface area contributed by atoms with E-state index < -0.39 is 0 Å². The molecule has 2 aromatic carbocycles. The van der Waals surface area contributed by atoms with Crippen LogP contribution in [-0.2, 0) is 0 Å². The molecule has 2 rings (SSSR count). The molecule has 0 aliphatic rings. The van der Waals surface area contributed by atoms with Gasteiger partial charge in [-0.1, -0.05) is 25.1 Å². The fourth-order valence-corrected chi connectivity index (χ4v) is 2.70. The molecule has 0 N–H and O–H groups in total. The Morgan fingerprint density at radius 2 is 1.91 bits per heavy atom. The van der Waals surface area contributed by atoms with Gasteiger partial charge in [0.2, 0.25) is 0 Å². The van der Waals surface area contributed by atoms with Gasteiger partial charge in [-0.25, -0.2) is 0 Å². The van der Waals surface area contributed by atoms with Gasteiger partial charge in [0.05, 0.1) is 23.4 Å². The number of rotatable bonds is 7. The van der Waals surface area contributed by atoms with Crippen LogP contribution in [0.25, 0.3) is 0 Å². The molecule has 23 heavy (non-hydrogen) atoms. The molecule has 0 atom stereocenters. The molecule has 0 aromatic heterocycles. The van der Waals surface area contributed by atoms with E-state index in [2.05, 4.69) is 40.8 Å². The van der Waals surface area contributed by atoms with Gasteiger partial charge in [0.15, 0.2) is 11.5 Å². The van der Waals surface area contributed by atoms with Gasteiger partial charge in [-0.15, -0.1) is 0 Å².